The molecule has 3 rings (SSSR count). The highest BCUT2D eigenvalue weighted by atomic mass is 16.7. The van der Waals surface area contributed by atoms with Gasteiger partial charge in [0.1, 0.15) is 5.82 Å². The van der Waals surface area contributed by atoms with Gasteiger partial charge in [-0.15, -0.1) is 0 Å². The van der Waals surface area contributed by atoms with E-state index in [1.165, 1.54) is 19.3 Å². The van der Waals surface area contributed by atoms with E-state index >= 15 is 0 Å². The van der Waals surface area contributed by atoms with E-state index in [1.807, 2.05) is 6.20 Å². The molecule has 1 aliphatic heterocycles. The van der Waals surface area contributed by atoms with Crippen LogP contribution in [0.2, 0.25) is 0 Å². The summed E-state index contributed by atoms with van der Waals surface area (Å²) >= 11 is 0. The van der Waals surface area contributed by atoms with Crippen LogP contribution < -0.4 is 5.46 Å². The maximum absolute atomic E-state index is 6.13. The molecule has 5 heteroatoms. The molecule has 1 saturated heterocycles. The fourth-order valence-corrected chi connectivity index (χ4v) is 3.18. The molecule has 4 nitrogen and oxygen atoms in total. The monoisotopic (exact) mass is 354 g/mol. The number of rotatable bonds is 6. The summed E-state index contributed by atoms with van der Waals surface area (Å²) in [6, 6.07) is 8.37. The molecule has 1 N–H and O–H groups in total. The van der Waals surface area contributed by atoms with Gasteiger partial charge in [-0.25, -0.2) is 4.98 Å². The van der Waals surface area contributed by atoms with Gasteiger partial charge in [0.05, 0.1) is 23.1 Å². The number of hydrogen-bond acceptors (Lipinski definition) is 3. The maximum Gasteiger partial charge on any atom is 0.494 e. The molecule has 2 heterocycles. The van der Waals surface area contributed by atoms with E-state index in [1.54, 1.807) is 0 Å². The van der Waals surface area contributed by atoms with Crippen molar-refractivity contribution in [3.8, 4) is 11.3 Å². The van der Waals surface area contributed by atoms with Crippen molar-refractivity contribution in [2.75, 3.05) is 0 Å². The summed E-state index contributed by atoms with van der Waals surface area (Å²) in [6.07, 6.45) is 5.56. The van der Waals surface area contributed by atoms with Gasteiger partial charge in [0.15, 0.2) is 0 Å². The van der Waals surface area contributed by atoms with Gasteiger partial charge in [-0.05, 0) is 45.1 Å². The number of aromatic amines is 1. The fourth-order valence-electron chi connectivity index (χ4n) is 3.18. The van der Waals surface area contributed by atoms with Crippen molar-refractivity contribution in [2.24, 2.45) is 0 Å². The number of imidazole rings is 1. The summed E-state index contributed by atoms with van der Waals surface area (Å²) in [5.41, 5.74) is 2.60. The van der Waals surface area contributed by atoms with Crippen molar-refractivity contribution in [2.45, 2.75) is 77.9 Å². The Labute approximate surface area is 157 Å². The first-order chi connectivity index (χ1) is 12.2. The third-order valence-electron chi connectivity index (χ3n) is 5.80. The molecule has 0 saturated carbocycles. The fraction of sp³-hybridized carbons (Fsp3) is 0.571. The van der Waals surface area contributed by atoms with Crippen LogP contribution in [0.4, 0.5) is 0 Å². The molecule has 0 aliphatic carbocycles. The van der Waals surface area contributed by atoms with Crippen LogP contribution in [0.1, 0.15) is 72.5 Å². The average molecular weight is 354 g/mol. The van der Waals surface area contributed by atoms with Gasteiger partial charge in [0.25, 0.3) is 0 Å². The Kier molecular flexibility index (Phi) is 5.31. The molecule has 140 valence electrons. The quantitative estimate of drug-likeness (QED) is 0.767. The lowest BCUT2D eigenvalue weighted by Crippen LogP contribution is -2.41. The van der Waals surface area contributed by atoms with Crippen LogP contribution in [-0.4, -0.2) is 28.3 Å². The lowest BCUT2D eigenvalue weighted by molar-refractivity contribution is 0.00578. The molecule has 2 aromatic rings. The lowest BCUT2D eigenvalue weighted by atomic mass is 9.79. The van der Waals surface area contributed by atoms with E-state index < -0.39 is 0 Å². The topological polar surface area (TPSA) is 47.1 Å². The first kappa shape index (κ1) is 19.2. The van der Waals surface area contributed by atoms with Gasteiger partial charge >= 0.3 is 7.12 Å². The van der Waals surface area contributed by atoms with Crippen LogP contribution in [0.5, 0.6) is 0 Å². The van der Waals surface area contributed by atoms with Gasteiger partial charge in [-0.2, -0.15) is 0 Å². The number of hydrogen-bond donors (Lipinski definition) is 1. The third-order valence-corrected chi connectivity index (χ3v) is 5.80. The summed E-state index contributed by atoms with van der Waals surface area (Å²) in [5.74, 6) is 1.54. The maximum atomic E-state index is 6.13. The minimum absolute atomic E-state index is 0.316. The van der Waals surface area contributed by atoms with Crippen molar-refractivity contribution >= 4 is 12.6 Å². The molecule has 1 fully saturated rings. The molecule has 0 radical (unpaired) electrons. The number of unbranched alkanes of at least 4 members (excludes halogenated alkanes) is 1. The summed E-state index contributed by atoms with van der Waals surface area (Å²) in [4.78, 5) is 8.06. The Morgan fingerprint density at radius 3 is 2.27 bits per heavy atom. The highest BCUT2D eigenvalue weighted by Crippen LogP contribution is 2.36. The van der Waals surface area contributed by atoms with Crippen molar-refractivity contribution < 1.29 is 9.31 Å². The van der Waals surface area contributed by atoms with Crippen molar-refractivity contribution in [1.82, 2.24) is 9.97 Å². The second-order valence-corrected chi connectivity index (χ2v) is 8.44. The number of nitrogens with zero attached hydrogens (tertiary/aromatic N) is 1. The molecule has 1 atom stereocenters. The minimum atomic E-state index is -0.319. The van der Waals surface area contributed by atoms with Crippen molar-refractivity contribution in [3.63, 3.8) is 0 Å². The highest BCUT2D eigenvalue weighted by Gasteiger charge is 2.51. The molecular weight excluding hydrogens is 323 g/mol. The van der Waals surface area contributed by atoms with Crippen LogP contribution in [0.25, 0.3) is 11.3 Å². The van der Waals surface area contributed by atoms with Crippen LogP contribution in [0.3, 0.4) is 0 Å². The molecule has 26 heavy (non-hydrogen) atoms. The van der Waals surface area contributed by atoms with Gasteiger partial charge in [-0.1, -0.05) is 51.0 Å². The zero-order valence-electron chi connectivity index (χ0n) is 16.9. The second kappa shape index (κ2) is 7.20. The first-order valence-electron chi connectivity index (χ1n) is 9.74. The molecular formula is C21H31BN2O2. The number of benzene rings is 1. The molecule has 1 aromatic heterocycles. The number of H-pyrrole nitrogens is 1. The van der Waals surface area contributed by atoms with Gasteiger partial charge in [-0.3, -0.25) is 0 Å². The normalized spacial score (nSPS) is 19.7. The van der Waals surface area contributed by atoms with E-state index in [-0.39, 0.29) is 18.3 Å². The van der Waals surface area contributed by atoms with E-state index in [0.29, 0.717) is 5.92 Å². The molecule has 1 aliphatic rings. The van der Waals surface area contributed by atoms with E-state index in [9.17, 15) is 0 Å². The summed E-state index contributed by atoms with van der Waals surface area (Å²) in [6.45, 7) is 12.8. The van der Waals surface area contributed by atoms with Crippen LogP contribution in [0, 0.1) is 0 Å². The number of aromatic nitrogens is 2. The van der Waals surface area contributed by atoms with E-state index in [2.05, 4.69) is 75.8 Å². The van der Waals surface area contributed by atoms with Crippen molar-refractivity contribution in [3.05, 3.63) is 36.3 Å². The predicted molar refractivity (Wildman–Crippen MR) is 108 cm³/mol. The van der Waals surface area contributed by atoms with Crippen LogP contribution in [0.15, 0.2) is 30.5 Å². The molecule has 0 spiro atoms. The zero-order valence-corrected chi connectivity index (χ0v) is 16.9. The third kappa shape index (κ3) is 3.74. The molecule has 0 bridgehead atoms. The minimum Gasteiger partial charge on any atom is -0.399 e. The Balaban J connectivity index is 1.72. The molecule has 1 aromatic carbocycles. The van der Waals surface area contributed by atoms with E-state index in [0.717, 1.165) is 22.5 Å². The Morgan fingerprint density at radius 1 is 1.08 bits per heavy atom. The Morgan fingerprint density at radius 2 is 1.69 bits per heavy atom. The Hall–Kier alpha value is -1.59. The average Bonchev–Trinajstić information content (AvgIpc) is 3.16. The summed E-state index contributed by atoms with van der Waals surface area (Å²) in [5, 5.41) is 0. The van der Waals surface area contributed by atoms with Gasteiger partial charge in [0, 0.05) is 5.92 Å². The van der Waals surface area contributed by atoms with Crippen LogP contribution >= 0.6 is 0 Å². The second-order valence-electron chi connectivity index (χ2n) is 8.44. The smallest absolute Gasteiger partial charge is 0.399 e. The van der Waals surface area contributed by atoms with Crippen LogP contribution in [-0.2, 0) is 9.31 Å². The zero-order chi connectivity index (χ0) is 18.9. The van der Waals surface area contributed by atoms with Gasteiger partial charge < -0.3 is 14.3 Å². The summed E-state index contributed by atoms with van der Waals surface area (Å²) < 4.78 is 12.3. The Bertz CT molecular complexity index is 721. The highest BCUT2D eigenvalue weighted by molar-refractivity contribution is 6.62. The predicted octanol–water partition coefficient (Wildman–Crippen LogP) is 4.67. The molecule has 0 unspecified atom stereocenters. The van der Waals surface area contributed by atoms with E-state index in [4.69, 9.17) is 9.31 Å². The van der Waals surface area contributed by atoms with Crippen molar-refractivity contribution in [1.29, 1.82) is 0 Å². The van der Waals surface area contributed by atoms with Gasteiger partial charge in [0.2, 0.25) is 0 Å². The molecule has 0 amide bonds. The largest absolute Gasteiger partial charge is 0.494 e. The summed E-state index contributed by atoms with van der Waals surface area (Å²) in [7, 11) is -0.319. The SMILES string of the molecule is CCCC[C@H](C)c1ncc(-c2ccc(B3OC(C)(C)C(C)(C)O3)cc2)[nH]1. The number of nitrogens with one attached hydrogen (secondary N) is 1. The standard InChI is InChI=1S/C21H31BN2O2/c1-7-8-9-15(2)19-23-14-18(24-19)16-10-12-17(13-11-16)22-25-20(3,4)21(5,6)26-22/h10-15H,7-9H2,1-6H3,(H,23,24)/t15-/m0/s1. The lowest BCUT2D eigenvalue weighted by Gasteiger charge is -2.32. The first-order valence-corrected chi connectivity index (χ1v) is 9.74.